The number of fused-ring (bicyclic) bond motifs is 1. The fraction of sp³-hybridized carbons (Fsp3) is 0.214. The Morgan fingerprint density at radius 3 is 2.44 bits per heavy atom. The van der Waals surface area contributed by atoms with Gasteiger partial charge in [0.2, 0.25) is 5.28 Å². The van der Waals surface area contributed by atoms with Crippen molar-refractivity contribution in [2.45, 2.75) is 19.1 Å². The van der Waals surface area contributed by atoms with E-state index in [0.29, 0.717) is 10.6 Å². The second-order valence-electron chi connectivity index (χ2n) is 5.11. The number of aromatic nitrogens is 4. The van der Waals surface area contributed by atoms with Crippen LogP contribution in [0.2, 0.25) is 15.5 Å². The minimum Gasteiger partial charge on any atom is -0.358 e. The van der Waals surface area contributed by atoms with E-state index in [4.69, 9.17) is 34.8 Å². The standard InChI is InChI=1S/C14H9Cl3F3N5/c1-6(14(18,19)20)21-11-9(7-4-2-3-5-8(7)15)10(16)22-13-23-12(17)24-25(11)13/h2-6,21H,1H3/t6-/m0/s1. The molecule has 5 nitrogen and oxygen atoms in total. The van der Waals surface area contributed by atoms with Gasteiger partial charge >= 0.3 is 6.18 Å². The molecule has 0 bridgehead atoms. The predicted octanol–water partition coefficient (Wildman–Crippen LogP) is 5.11. The van der Waals surface area contributed by atoms with Crippen LogP contribution in [-0.4, -0.2) is 31.8 Å². The summed E-state index contributed by atoms with van der Waals surface area (Å²) < 4.78 is 40.2. The second kappa shape index (κ2) is 6.51. The molecule has 0 spiro atoms. The molecule has 0 radical (unpaired) electrons. The molecule has 25 heavy (non-hydrogen) atoms. The predicted molar refractivity (Wildman–Crippen MR) is 90.4 cm³/mol. The highest BCUT2D eigenvalue weighted by molar-refractivity contribution is 6.36. The van der Waals surface area contributed by atoms with Gasteiger partial charge in [0, 0.05) is 10.6 Å². The highest BCUT2D eigenvalue weighted by Gasteiger charge is 2.37. The lowest BCUT2D eigenvalue weighted by molar-refractivity contribution is -0.138. The van der Waals surface area contributed by atoms with Crippen LogP contribution in [-0.2, 0) is 0 Å². The Kier molecular flexibility index (Phi) is 4.70. The average Bonchev–Trinajstić information content (AvgIpc) is 2.87. The van der Waals surface area contributed by atoms with Gasteiger partial charge in [-0.2, -0.15) is 27.7 Å². The van der Waals surface area contributed by atoms with Gasteiger partial charge in [-0.15, -0.1) is 5.10 Å². The van der Waals surface area contributed by atoms with Crippen molar-refractivity contribution in [3.8, 4) is 11.1 Å². The van der Waals surface area contributed by atoms with Crippen LogP contribution in [0.4, 0.5) is 19.0 Å². The summed E-state index contributed by atoms with van der Waals surface area (Å²) >= 11 is 18.1. The van der Waals surface area contributed by atoms with Crippen molar-refractivity contribution >= 4 is 46.4 Å². The average molecular weight is 411 g/mol. The molecule has 0 amide bonds. The van der Waals surface area contributed by atoms with Crippen molar-refractivity contribution < 1.29 is 13.2 Å². The largest absolute Gasteiger partial charge is 0.408 e. The molecule has 3 aromatic rings. The minimum atomic E-state index is -4.50. The van der Waals surface area contributed by atoms with E-state index >= 15 is 0 Å². The van der Waals surface area contributed by atoms with Crippen LogP contribution in [0.5, 0.6) is 0 Å². The summed E-state index contributed by atoms with van der Waals surface area (Å²) in [4.78, 5) is 7.86. The van der Waals surface area contributed by atoms with Crippen molar-refractivity contribution in [3.63, 3.8) is 0 Å². The smallest absolute Gasteiger partial charge is 0.358 e. The Morgan fingerprint density at radius 2 is 1.80 bits per heavy atom. The van der Waals surface area contributed by atoms with Crippen LogP contribution in [0.25, 0.3) is 16.9 Å². The molecule has 0 aliphatic carbocycles. The van der Waals surface area contributed by atoms with Crippen LogP contribution in [0.3, 0.4) is 0 Å². The molecule has 0 aliphatic heterocycles. The van der Waals surface area contributed by atoms with Gasteiger partial charge in [-0.1, -0.05) is 41.4 Å². The summed E-state index contributed by atoms with van der Waals surface area (Å²) in [7, 11) is 0. The Morgan fingerprint density at radius 1 is 1.12 bits per heavy atom. The summed E-state index contributed by atoms with van der Waals surface area (Å²) in [6, 6.07) is 4.66. The Hall–Kier alpha value is -1.77. The number of benzene rings is 1. The zero-order chi connectivity index (χ0) is 18.4. The number of hydrogen-bond donors (Lipinski definition) is 1. The van der Waals surface area contributed by atoms with E-state index in [9.17, 15) is 13.2 Å². The lowest BCUT2D eigenvalue weighted by Crippen LogP contribution is -2.34. The number of rotatable bonds is 3. The van der Waals surface area contributed by atoms with Gasteiger partial charge in [0.1, 0.15) is 17.0 Å². The maximum Gasteiger partial charge on any atom is 0.408 e. The molecular weight excluding hydrogens is 402 g/mol. The number of hydrogen-bond acceptors (Lipinski definition) is 4. The van der Waals surface area contributed by atoms with Crippen molar-refractivity contribution in [1.29, 1.82) is 0 Å². The topological polar surface area (TPSA) is 55.1 Å². The number of nitrogens with zero attached hydrogens (tertiary/aromatic N) is 4. The lowest BCUT2D eigenvalue weighted by atomic mass is 10.1. The van der Waals surface area contributed by atoms with Crippen molar-refractivity contribution in [1.82, 2.24) is 19.6 Å². The van der Waals surface area contributed by atoms with Gasteiger partial charge in [0.15, 0.2) is 0 Å². The molecule has 0 fully saturated rings. The fourth-order valence-electron chi connectivity index (χ4n) is 2.17. The zero-order valence-electron chi connectivity index (χ0n) is 12.4. The molecule has 3 rings (SSSR count). The first-order valence-electron chi connectivity index (χ1n) is 6.88. The molecule has 0 unspecified atom stereocenters. The van der Waals surface area contributed by atoms with Crippen LogP contribution in [0.1, 0.15) is 6.92 Å². The van der Waals surface area contributed by atoms with E-state index < -0.39 is 12.2 Å². The first-order valence-corrected chi connectivity index (χ1v) is 8.02. The highest BCUT2D eigenvalue weighted by atomic mass is 35.5. The normalized spacial score (nSPS) is 13.2. The van der Waals surface area contributed by atoms with Crippen molar-refractivity contribution in [2.24, 2.45) is 0 Å². The maximum absolute atomic E-state index is 13.0. The van der Waals surface area contributed by atoms with Crippen LogP contribution >= 0.6 is 34.8 Å². The maximum atomic E-state index is 13.0. The van der Waals surface area contributed by atoms with Gasteiger partial charge in [0.05, 0.1) is 5.56 Å². The Bertz CT molecular complexity index is 941. The van der Waals surface area contributed by atoms with E-state index in [1.807, 2.05) is 0 Å². The summed E-state index contributed by atoms with van der Waals surface area (Å²) in [5.74, 6) is -0.102. The van der Waals surface area contributed by atoms with Crippen LogP contribution in [0, 0.1) is 0 Å². The monoisotopic (exact) mass is 409 g/mol. The van der Waals surface area contributed by atoms with E-state index in [1.165, 1.54) is 0 Å². The zero-order valence-corrected chi connectivity index (χ0v) is 14.7. The number of nitrogens with one attached hydrogen (secondary N) is 1. The summed E-state index contributed by atoms with van der Waals surface area (Å²) in [5, 5.41) is 6.28. The Balaban J connectivity index is 2.30. The SMILES string of the molecule is C[C@H](Nc1c(-c2ccccc2Cl)c(Cl)nc2nc(Cl)nn12)C(F)(F)F. The second-order valence-corrected chi connectivity index (χ2v) is 6.21. The van der Waals surface area contributed by atoms with Gasteiger partial charge in [-0.3, -0.25) is 0 Å². The quantitative estimate of drug-likeness (QED) is 0.609. The number of alkyl halides is 3. The number of halogens is 6. The molecule has 0 saturated carbocycles. The molecule has 2 heterocycles. The molecule has 1 N–H and O–H groups in total. The van der Waals surface area contributed by atoms with Crippen LogP contribution < -0.4 is 5.32 Å². The van der Waals surface area contributed by atoms with Crippen LogP contribution in [0.15, 0.2) is 24.3 Å². The third-order valence-corrected chi connectivity index (χ3v) is 4.17. The van der Waals surface area contributed by atoms with Gasteiger partial charge < -0.3 is 5.32 Å². The van der Waals surface area contributed by atoms with Gasteiger partial charge in [0.25, 0.3) is 5.78 Å². The number of anilines is 1. The summed E-state index contributed by atoms with van der Waals surface area (Å²) in [6.45, 7) is 0.967. The van der Waals surface area contributed by atoms with E-state index in [1.54, 1.807) is 24.3 Å². The Labute approximate surface area is 154 Å². The molecule has 1 atom stereocenters. The first-order chi connectivity index (χ1) is 11.7. The van der Waals surface area contributed by atoms with E-state index in [0.717, 1.165) is 11.4 Å². The highest BCUT2D eigenvalue weighted by Crippen LogP contribution is 2.39. The molecular formula is C14H9Cl3F3N5. The third-order valence-electron chi connectivity index (χ3n) is 3.40. The van der Waals surface area contributed by atoms with Gasteiger partial charge in [-0.05, 0) is 24.6 Å². The van der Waals surface area contributed by atoms with Crippen molar-refractivity contribution in [3.05, 3.63) is 39.7 Å². The molecule has 1 aromatic carbocycles. The summed E-state index contributed by atoms with van der Waals surface area (Å²) in [5.41, 5.74) is 0.560. The summed E-state index contributed by atoms with van der Waals surface area (Å²) in [6.07, 6.45) is -4.50. The van der Waals surface area contributed by atoms with Gasteiger partial charge in [-0.25, -0.2) is 0 Å². The molecule has 11 heteroatoms. The van der Waals surface area contributed by atoms with E-state index in [2.05, 4.69) is 20.4 Å². The molecule has 132 valence electrons. The third kappa shape index (κ3) is 3.47. The molecule has 0 saturated heterocycles. The fourth-order valence-corrected chi connectivity index (χ4v) is 2.82. The van der Waals surface area contributed by atoms with Crippen molar-refractivity contribution in [2.75, 3.05) is 5.32 Å². The first kappa shape index (κ1) is 18.0. The minimum absolute atomic E-state index is 0.0392. The molecule has 0 aliphatic rings. The van der Waals surface area contributed by atoms with E-state index in [-0.39, 0.29) is 27.6 Å². The molecule has 2 aromatic heterocycles. The lowest BCUT2D eigenvalue weighted by Gasteiger charge is -2.21.